The van der Waals surface area contributed by atoms with E-state index in [-0.39, 0.29) is 12.5 Å². The molecule has 1 aliphatic heterocycles. The van der Waals surface area contributed by atoms with E-state index in [0.29, 0.717) is 11.1 Å². The third-order valence-electron chi connectivity index (χ3n) is 3.84. The van der Waals surface area contributed by atoms with Crippen molar-refractivity contribution in [1.29, 1.82) is 0 Å². The van der Waals surface area contributed by atoms with E-state index in [0.717, 1.165) is 9.78 Å². The molecule has 0 spiro atoms. The molecule has 3 N–H and O–H groups in total. The number of nitrogens with two attached hydrogens (primary N) is 1. The van der Waals surface area contributed by atoms with E-state index >= 15 is 0 Å². The van der Waals surface area contributed by atoms with E-state index in [1.165, 1.54) is 11.3 Å². The van der Waals surface area contributed by atoms with Gasteiger partial charge in [-0.1, -0.05) is 18.2 Å². The summed E-state index contributed by atoms with van der Waals surface area (Å²) in [5.74, 6) is -0.859. The molecule has 1 atom stereocenters. The maximum absolute atomic E-state index is 12.7. The molecule has 0 radical (unpaired) electrons. The van der Waals surface area contributed by atoms with E-state index < -0.39 is 17.5 Å². The number of hydrogen-bond donors (Lipinski definition) is 2. The van der Waals surface area contributed by atoms with Crippen molar-refractivity contribution in [2.24, 2.45) is 5.73 Å². The molecule has 3 rings (SSSR count). The number of hydrogen-bond acceptors (Lipinski definition) is 4. The first-order chi connectivity index (χ1) is 10.9. The molecule has 0 aliphatic carbocycles. The van der Waals surface area contributed by atoms with Crippen molar-refractivity contribution in [3.8, 4) is 0 Å². The zero-order valence-electron chi connectivity index (χ0n) is 12.4. The molecule has 1 aliphatic rings. The van der Waals surface area contributed by atoms with Gasteiger partial charge in [0, 0.05) is 10.4 Å². The van der Waals surface area contributed by atoms with Crippen molar-refractivity contribution in [3.05, 3.63) is 57.8 Å². The fourth-order valence-corrected chi connectivity index (χ4v) is 3.41. The van der Waals surface area contributed by atoms with Crippen LogP contribution in [0.3, 0.4) is 0 Å². The minimum absolute atomic E-state index is 0.0900. The third-order valence-corrected chi connectivity index (χ3v) is 4.93. The second-order valence-electron chi connectivity index (χ2n) is 5.49. The van der Waals surface area contributed by atoms with Crippen LogP contribution in [-0.2, 0) is 16.9 Å². The van der Waals surface area contributed by atoms with Gasteiger partial charge in [0.05, 0.1) is 6.54 Å². The Morgan fingerprint density at radius 1 is 1.30 bits per heavy atom. The number of amides is 4. The van der Waals surface area contributed by atoms with Gasteiger partial charge in [0.25, 0.3) is 5.91 Å². The molecule has 7 heteroatoms. The number of carbonyl (C=O) groups excluding carboxylic acids is 3. The van der Waals surface area contributed by atoms with Crippen molar-refractivity contribution in [3.63, 3.8) is 0 Å². The van der Waals surface area contributed by atoms with E-state index in [9.17, 15) is 14.4 Å². The van der Waals surface area contributed by atoms with E-state index in [4.69, 9.17) is 5.73 Å². The summed E-state index contributed by atoms with van der Waals surface area (Å²) in [5, 5.41) is 4.61. The number of nitrogens with one attached hydrogen (secondary N) is 1. The normalized spacial score (nSPS) is 20.7. The van der Waals surface area contributed by atoms with Gasteiger partial charge in [0.1, 0.15) is 0 Å². The van der Waals surface area contributed by atoms with Crippen LogP contribution < -0.4 is 11.1 Å². The van der Waals surface area contributed by atoms with Crippen LogP contribution in [0.25, 0.3) is 0 Å². The summed E-state index contributed by atoms with van der Waals surface area (Å²) in [6.07, 6.45) is 0. The van der Waals surface area contributed by atoms with Crippen LogP contribution in [0.5, 0.6) is 0 Å². The first-order valence-electron chi connectivity index (χ1n) is 6.98. The first kappa shape index (κ1) is 15.2. The lowest BCUT2D eigenvalue weighted by Crippen LogP contribution is -2.40. The Morgan fingerprint density at radius 3 is 2.74 bits per heavy atom. The van der Waals surface area contributed by atoms with Crippen LogP contribution in [0, 0.1) is 0 Å². The largest absolute Gasteiger partial charge is 0.366 e. The third kappa shape index (κ3) is 2.59. The molecule has 4 amide bonds. The van der Waals surface area contributed by atoms with Gasteiger partial charge < -0.3 is 11.1 Å². The molecule has 0 bridgehead atoms. The smallest absolute Gasteiger partial charge is 0.325 e. The predicted molar refractivity (Wildman–Crippen MR) is 85.7 cm³/mol. The molecule has 2 heterocycles. The summed E-state index contributed by atoms with van der Waals surface area (Å²) in [4.78, 5) is 38.1. The number of rotatable bonds is 4. The second kappa shape index (κ2) is 5.51. The number of thiophene rings is 1. The summed E-state index contributed by atoms with van der Waals surface area (Å²) in [7, 11) is 0. The lowest BCUT2D eigenvalue weighted by atomic mass is 10.0. The summed E-state index contributed by atoms with van der Waals surface area (Å²) in [6.45, 7) is 1.78. The van der Waals surface area contributed by atoms with Crippen molar-refractivity contribution >= 4 is 29.2 Å². The fourth-order valence-electron chi connectivity index (χ4n) is 2.58. The molecule has 1 aromatic carbocycles. The number of primary amides is 1. The maximum Gasteiger partial charge on any atom is 0.325 e. The highest BCUT2D eigenvalue weighted by molar-refractivity contribution is 7.10. The van der Waals surface area contributed by atoms with Crippen molar-refractivity contribution in [1.82, 2.24) is 10.2 Å². The van der Waals surface area contributed by atoms with Crippen LogP contribution in [0.15, 0.2) is 41.8 Å². The fraction of sp³-hybridized carbons (Fsp3) is 0.188. The Hall–Kier alpha value is -2.67. The Balaban J connectivity index is 1.87. The number of imide groups is 1. The van der Waals surface area contributed by atoms with Gasteiger partial charge >= 0.3 is 6.03 Å². The highest BCUT2D eigenvalue weighted by atomic mass is 32.1. The molecule has 1 fully saturated rings. The summed E-state index contributed by atoms with van der Waals surface area (Å²) in [6, 6.07) is 9.80. The van der Waals surface area contributed by atoms with Crippen LogP contribution in [-0.4, -0.2) is 22.7 Å². The van der Waals surface area contributed by atoms with Gasteiger partial charge in [-0.25, -0.2) is 4.79 Å². The van der Waals surface area contributed by atoms with Gasteiger partial charge in [0.15, 0.2) is 5.54 Å². The lowest BCUT2D eigenvalue weighted by Gasteiger charge is -2.20. The standard InChI is InChI=1S/C16H15N3O3S/c1-16(12-6-3-7-23-12)14(21)19(15(22)18-16)9-10-4-2-5-11(8-10)13(17)20/h2-8H,9H2,1H3,(H2,17,20)(H,18,22). The highest BCUT2D eigenvalue weighted by Crippen LogP contribution is 2.32. The SMILES string of the molecule is CC1(c2cccs2)NC(=O)N(Cc2cccc(C(N)=O)c2)C1=O. The van der Waals surface area contributed by atoms with Crippen LogP contribution in [0.4, 0.5) is 4.79 Å². The van der Waals surface area contributed by atoms with Crippen LogP contribution >= 0.6 is 11.3 Å². The van der Waals surface area contributed by atoms with Crippen molar-refractivity contribution < 1.29 is 14.4 Å². The molecule has 23 heavy (non-hydrogen) atoms. The molecule has 1 saturated heterocycles. The van der Waals surface area contributed by atoms with Crippen molar-refractivity contribution in [2.45, 2.75) is 19.0 Å². The lowest BCUT2D eigenvalue weighted by molar-refractivity contribution is -0.131. The van der Waals surface area contributed by atoms with E-state index in [2.05, 4.69) is 5.32 Å². The zero-order valence-corrected chi connectivity index (χ0v) is 13.2. The summed E-state index contributed by atoms with van der Waals surface area (Å²) >= 11 is 1.42. The van der Waals surface area contributed by atoms with E-state index in [1.807, 2.05) is 17.5 Å². The molecule has 6 nitrogen and oxygen atoms in total. The minimum Gasteiger partial charge on any atom is -0.366 e. The van der Waals surface area contributed by atoms with Gasteiger partial charge in [-0.3, -0.25) is 14.5 Å². The Labute approximate surface area is 136 Å². The predicted octanol–water partition coefficient (Wildman–Crippen LogP) is 1.81. The molecule has 1 aromatic heterocycles. The average molecular weight is 329 g/mol. The Morgan fingerprint density at radius 2 is 2.09 bits per heavy atom. The van der Waals surface area contributed by atoms with Crippen LogP contribution in [0.2, 0.25) is 0 Å². The molecule has 0 saturated carbocycles. The zero-order chi connectivity index (χ0) is 16.6. The van der Waals surface area contributed by atoms with Crippen LogP contribution in [0.1, 0.15) is 27.7 Å². The number of benzene rings is 1. The summed E-state index contributed by atoms with van der Waals surface area (Å²) < 4.78 is 0. The Bertz CT molecular complexity index is 788. The molecule has 1 unspecified atom stereocenters. The van der Waals surface area contributed by atoms with Gasteiger partial charge in [-0.05, 0) is 36.1 Å². The van der Waals surface area contributed by atoms with Gasteiger partial charge in [0.2, 0.25) is 5.91 Å². The maximum atomic E-state index is 12.7. The van der Waals surface area contributed by atoms with Crippen molar-refractivity contribution in [2.75, 3.05) is 0 Å². The number of carbonyl (C=O) groups is 3. The monoisotopic (exact) mass is 329 g/mol. The number of urea groups is 1. The molecule has 118 valence electrons. The first-order valence-corrected chi connectivity index (χ1v) is 7.86. The average Bonchev–Trinajstić information content (AvgIpc) is 3.12. The van der Waals surface area contributed by atoms with Gasteiger partial charge in [-0.15, -0.1) is 11.3 Å². The van der Waals surface area contributed by atoms with E-state index in [1.54, 1.807) is 31.2 Å². The minimum atomic E-state index is -1.05. The molecular formula is C16H15N3O3S. The highest BCUT2D eigenvalue weighted by Gasteiger charge is 2.49. The molecule has 2 aromatic rings. The number of nitrogens with zero attached hydrogens (tertiary/aromatic N) is 1. The quantitative estimate of drug-likeness (QED) is 0.838. The summed E-state index contributed by atoms with van der Waals surface area (Å²) in [5.41, 5.74) is 5.22. The topological polar surface area (TPSA) is 92.5 Å². The second-order valence-corrected chi connectivity index (χ2v) is 6.44. The Kier molecular flexibility index (Phi) is 3.65. The molecular weight excluding hydrogens is 314 g/mol. The van der Waals surface area contributed by atoms with Gasteiger partial charge in [-0.2, -0.15) is 0 Å².